The van der Waals surface area contributed by atoms with Crippen LogP contribution in [0.2, 0.25) is 0 Å². The molecular weight excluding hydrogens is 356 g/mol. The minimum Gasteiger partial charge on any atom is -0.497 e. The number of carbonyl (C=O) groups excluding carboxylic acids is 1. The van der Waals surface area contributed by atoms with Crippen molar-refractivity contribution in [1.29, 1.82) is 0 Å². The van der Waals surface area contributed by atoms with E-state index in [9.17, 15) is 9.59 Å². The molecule has 7 heteroatoms. The fraction of sp³-hybridized carbons (Fsp3) is 0.286. The molecule has 1 N–H and O–H groups in total. The van der Waals surface area contributed by atoms with E-state index in [-0.39, 0.29) is 17.0 Å². The number of methoxy groups -OCH3 is 1. The molecule has 4 rings (SSSR count). The number of carbonyl (C=O) groups is 1. The van der Waals surface area contributed by atoms with Crippen LogP contribution in [0.1, 0.15) is 33.6 Å². The number of ether oxygens (including phenoxy) is 1. The standard InChI is InChI=1S/C21H22N4O3/c1-24(21(27)18-9-15-5-3-8-19(15)23-20(18)26)12-14-11-22-25(13-14)16-6-4-7-17(10-16)28-2/h4,6-7,9-11,13H,3,5,8,12H2,1-2H3,(H,23,26). The Balaban J connectivity index is 1.51. The van der Waals surface area contributed by atoms with Crippen molar-refractivity contribution in [3.8, 4) is 11.4 Å². The van der Waals surface area contributed by atoms with Crippen LogP contribution in [0.5, 0.6) is 5.75 Å². The third-order valence-electron chi connectivity index (χ3n) is 5.04. The minimum absolute atomic E-state index is 0.198. The van der Waals surface area contributed by atoms with Crippen molar-refractivity contribution in [1.82, 2.24) is 19.7 Å². The van der Waals surface area contributed by atoms with Crippen LogP contribution in [-0.2, 0) is 19.4 Å². The van der Waals surface area contributed by atoms with Crippen molar-refractivity contribution in [2.45, 2.75) is 25.8 Å². The molecule has 0 atom stereocenters. The SMILES string of the molecule is COc1cccc(-n2cc(CN(C)C(=O)c3cc4c([nH]c3=O)CCC4)cn2)c1. The fourth-order valence-electron chi connectivity index (χ4n) is 3.56. The Morgan fingerprint density at radius 2 is 2.18 bits per heavy atom. The van der Waals surface area contributed by atoms with Gasteiger partial charge in [0.15, 0.2) is 0 Å². The molecule has 0 fully saturated rings. The van der Waals surface area contributed by atoms with Gasteiger partial charge in [0.1, 0.15) is 11.3 Å². The highest BCUT2D eigenvalue weighted by molar-refractivity contribution is 5.93. The molecule has 0 bridgehead atoms. The lowest BCUT2D eigenvalue weighted by Gasteiger charge is -2.16. The van der Waals surface area contributed by atoms with E-state index >= 15 is 0 Å². The molecule has 144 valence electrons. The van der Waals surface area contributed by atoms with Crippen LogP contribution in [-0.4, -0.2) is 39.7 Å². The minimum atomic E-state index is -0.315. The summed E-state index contributed by atoms with van der Waals surface area (Å²) >= 11 is 0. The monoisotopic (exact) mass is 378 g/mol. The smallest absolute Gasteiger partial charge is 0.261 e. The van der Waals surface area contributed by atoms with Gasteiger partial charge in [-0.25, -0.2) is 4.68 Å². The Morgan fingerprint density at radius 1 is 1.32 bits per heavy atom. The molecular formula is C21H22N4O3. The van der Waals surface area contributed by atoms with Crippen molar-refractivity contribution in [2.24, 2.45) is 0 Å². The number of aromatic amines is 1. The van der Waals surface area contributed by atoms with Crippen molar-refractivity contribution in [3.63, 3.8) is 0 Å². The number of hydrogen-bond donors (Lipinski definition) is 1. The number of rotatable bonds is 5. The highest BCUT2D eigenvalue weighted by Crippen LogP contribution is 2.20. The van der Waals surface area contributed by atoms with Gasteiger partial charge in [0.05, 0.1) is 19.0 Å². The molecule has 0 unspecified atom stereocenters. The van der Waals surface area contributed by atoms with Crippen LogP contribution in [0.25, 0.3) is 5.69 Å². The molecule has 1 aliphatic carbocycles. The summed E-state index contributed by atoms with van der Waals surface area (Å²) in [5.74, 6) is 0.461. The number of H-pyrrole nitrogens is 1. The lowest BCUT2D eigenvalue weighted by molar-refractivity contribution is 0.0783. The third kappa shape index (κ3) is 3.43. The average molecular weight is 378 g/mol. The number of benzene rings is 1. The molecule has 1 aliphatic rings. The van der Waals surface area contributed by atoms with E-state index in [4.69, 9.17) is 4.74 Å². The number of pyridine rings is 1. The maximum Gasteiger partial charge on any atom is 0.261 e. The average Bonchev–Trinajstić information content (AvgIpc) is 3.35. The van der Waals surface area contributed by atoms with Crippen LogP contribution in [0.4, 0.5) is 0 Å². The van der Waals surface area contributed by atoms with E-state index in [1.807, 2.05) is 30.5 Å². The zero-order valence-corrected chi connectivity index (χ0v) is 15.9. The van der Waals surface area contributed by atoms with E-state index in [1.165, 1.54) is 0 Å². The molecule has 0 saturated heterocycles. The lowest BCUT2D eigenvalue weighted by atomic mass is 10.1. The second-order valence-electron chi connectivity index (χ2n) is 7.03. The summed E-state index contributed by atoms with van der Waals surface area (Å²) in [5, 5.41) is 4.37. The van der Waals surface area contributed by atoms with Gasteiger partial charge < -0.3 is 14.6 Å². The van der Waals surface area contributed by atoms with E-state index in [2.05, 4.69) is 10.1 Å². The predicted molar refractivity (Wildman–Crippen MR) is 105 cm³/mol. The summed E-state index contributed by atoms with van der Waals surface area (Å²) < 4.78 is 6.98. The first kappa shape index (κ1) is 18.0. The maximum atomic E-state index is 12.8. The molecule has 1 aromatic carbocycles. The molecule has 28 heavy (non-hydrogen) atoms. The van der Waals surface area contributed by atoms with Gasteiger partial charge in [-0.1, -0.05) is 6.07 Å². The van der Waals surface area contributed by atoms with Crippen molar-refractivity contribution >= 4 is 5.91 Å². The van der Waals surface area contributed by atoms with Gasteiger partial charge in [-0.05, 0) is 43.0 Å². The molecule has 2 heterocycles. The summed E-state index contributed by atoms with van der Waals surface area (Å²) in [6.45, 7) is 0.360. The fourth-order valence-corrected chi connectivity index (χ4v) is 3.56. The topological polar surface area (TPSA) is 80.2 Å². The molecule has 0 spiro atoms. The second kappa shape index (κ2) is 7.34. The molecule has 0 saturated carbocycles. The van der Waals surface area contributed by atoms with E-state index < -0.39 is 0 Å². The van der Waals surface area contributed by atoms with Crippen molar-refractivity contribution < 1.29 is 9.53 Å². The van der Waals surface area contributed by atoms with Crippen LogP contribution < -0.4 is 10.3 Å². The first-order chi connectivity index (χ1) is 13.5. The Labute approximate surface area is 162 Å². The van der Waals surface area contributed by atoms with Crippen LogP contribution in [0, 0.1) is 0 Å². The van der Waals surface area contributed by atoms with Gasteiger partial charge in [0, 0.05) is 37.1 Å². The number of aryl methyl sites for hydroxylation is 2. The Bertz CT molecular complexity index is 1080. The highest BCUT2D eigenvalue weighted by Gasteiger charge is 2.21. The van der Waals surface area contributed by atoms with Crippen LogP contribution in [0.15, 0.2) is 47.5 Å². The first-order valence-corrected chi connectivity index (χ1v) is 9.23. The quantitative estimate of drug-likeness (QED) is 0.739. The molecule has 2 aromatic heterocycles. The molecule has 0 radical (unpaired) electrons. The Kier molecular flexibility index (Phi) is 4.73. The van der Waals surface area contributed by atoms with Gasteiger partial charge in [0.2, 0.25) is 0 Å². The third-order valence-corrected chi connectivity index (χ3v) is 5.04. The Morgan fingerprint density at radius 3 is 3.00 bits per heavy atom. The van der Waals surface area contributed by atoms with Crippen LogP contribution >= 0.6 is 0 Å². The first-order valence-electron chi connectivity index (χ1n) is 9.23. The predicted octanol–water partition coefficient (Wildman–Crippen LogP) is 2.33. The van der Waals surface area contributed by atoms with E-state index in [1.54, 1.807) is 36.0 Å². The van der Waals surface area contributed by atoms with Crippen molar-refractivity contribution in [3.05, 3.63) is 75.5 Å². The zero-order valence-electron chi connectivity index (χ0n) is 15.9. The molecule has 3 aromatic rings. The van der Waals surface area contributed by atoms with E-state index in [0.29, 0.717) is 6.54 Å². The largest absolute Gasteiger partial charge is 0.497 e. The number of nitrogens with zero attached hydrogens (tertiary/aromatic N) is 3. The number of fused-ring (bicyclic) bond motifs is 1. The molecule has 7 nitrogen and oxygen atoms in total. The van der Waals surface area contributed by atoms with E-state index in [0.717, 1.165) is 47.5 Å². The summed E-state index contributed by atoms with van der Waals surface area (Å²) in [4.78, 5) is 29.5. The zero-order chi connectivity index (χ0) is 19.7. The maximum absolute atomic E-state index is 12.8. The van der Waals surface area contributed by atoms with Gasteiger partial charge in [-0.15, -0.1) is 0 Å². The summed E-state index contributed by atoms with van der Waals surface area (Å²) in [6, 6.07) is 9.33. The van der Waals surface area contributed by atoms with Gasteiger partial charge in [-0.3, -0.25) is 9.59 Å². The number of aromatic nitrogens is 3. The number of amides is 1. The van der Waals surface area contributed by atoms with Crippen LogP contribution in [0.3, 0.4) is 0 Å². The summed E-state index contributed by atoms with van der Waals surface area (Å²) in [6.07, 6.45) is 6.38. The Hall–Kier alpha value is -3.35. The normalized spacial score (nSPS) is 12.6. The number of hydrogen-bond acceptors (Lipinski definition) is 4. The van der Waals surface area contributed by atoms with Gasteiger partial charge in [0.25, 0.3) is 11.5 Å². The van der Waals surface area contributed by atoms with Gasteiger partial charge in [-0.2, -0.15) is 5.10 Å². The molecule has 1 amide bonds. The number of nitrogens with one attached hydrogen (secondary N) is 1. The summed E-state index contributed by atoms with van der Waals surface area (Å²) in [7, 11) is 3.31. The highest BCUT2D eigenvalue weighted by atomic mass is 16.5. The second-order valence-corrected chi connectivity index (χ2v) is 7.03. The summed E-state index contributed by atoms with van der Waals surface area (Å²) in [5.41, 5.74) is 3.66. The van der Waals surface area contributed by atoms with Crippen molar-refractivity contribution in [2.75, 3.05) is 14.2 Å². The lowest BCUT2D eigenvalue weighted by Crippen LogP contribution is -2.31. The van der Waals surface area contributed by atoms with Gasteiger partial charge >= 0.3 is 0 Å². The molecule has 0 aliphatic heterocycles.